The average Bonchev–Trinajstić information content (AvgIpc) is 2.84. The quantitative estimate of drug-likeness (QED) is 0.108. The van der Waals surface area contributed by atoms with Gasteiger partial charge in [0.05, 0.1) is 20.7 Å². The normalized spacial score (nSPS) is 12.0. The van der Waals surface area contributed by atoms with E-state index < -0.39 is 0 Å². The molecule has 0 fully saturated rings. The number of halogens is 1. The lowest BCUT2D eigenvalue weighted by molar-refractivity contribution is -0.877. The van der Waals surface area contributed by atoms with Gasteiger partial charge in [0.2, 0.25) is 6.04 Å². The third kappa shape index (κ3) is 26.9. The number of unbranched alkanes of at least 4 members (excludes halogenated alkanes) is 21. The fourth-order valence-electron chi connectivity index (χ4n) is 4.73. The number of nitrogens with one attached hydrogen (secondary N) is 1. The highest BCUT2D eigenvalue weighted by molar-refractivity contribution is 5.74. The van der Waals surface area contributed by atoms with Crippen molar-refractivity contribution in [2.75, 3.05) is 33.9 Å². The molecule has 1 atom stereocenters. The molecule has 4 nitrogen and oxygen atoms in total. The average molecular weight is 579 g/mol. The highest BCUT2D eigenvalue weighted by Crippen LogP contribution is 2.15. The predicted molar refractivity (Wildman–Crippen MR) is 151 cm³/mol. The highest BCUT2D eigenvalue weighted by Gasteiger charge is 2.26. The summed E-state index contributed by atoms with van der Waals surface area (Å²) in [6.07, 6.45) is 30.9. The maximum Gasteiger partial charge on any atom is 0.367 e. The molecule has 0 saturated carbocycles. The summed E-state index contributed by atoms with van der Waals surface area (Å²) in [5.41, 5.74) is 0. The summed E-state index contributed by atoms with van der Waals surface area (Å²) in [5.74, 6) is -0.151. The van der Waals surface area contributed by atoms with Crippen molar-refractivity contribution in [3.05, 3.63) is 0 Å². The largest absolute Gasteiger partial charge is 1.00 e. The molecule has 36 heavy (non-hydrogen) atoms. The van der Waals surface area contributed by atoms with Crippen LogP contribution in [0.5, 0.6) is 0 Å². The summed E-state index contributed by atoms with van der Waals surface area (Å²) in [5, 5.41) is 0. The monoisotopic (exact) mass is 577 g/mol. The van der Waals surface area contributed by atoms with Crippen LogP contribution in [0.15, 0.2) is 0 Å². The Morgan fingerprint density at radius 2 is 0.917 bits per heavy atom. The van der Waals surface area contributed by atoms with Crippen LogP contribution in [0.1, 0.15) is 155 Å². The van der Waals surface area contributed by atoms with Crippen LogP contribution in [0.25, 0.3) is 0 Å². The van der Waals surface area contributed by atoms with E-state index >= 15 is 0 Å². The summed E-state index contributed by atoms with van der Waals surface area (Å²) < 4.78 is 10.9. The number of ether oxygens (including phenoxy) is 2. The first kappa shape index (κ1) is 38.0. The fraction of sp³-hybridized carbons (Fsp3) is 0.968. The van der Waals surface area contributed by atoms with Gasteiger partial charge in [-0.25, -0.2) is 4.79 Å². The van der Waals surface area contributed by atoms with Gasteiger partial charge in [0.15, 0.2) is 0 Å². The smallest absolute Gasteiger partial charge is 0.367 e. The first-order valence-electron chi connectivity index (χ1n) is 15.7. The minimum absolute atomic E-state index is 0. The molecule has 5 heteroatoms. The van der Waals surface area contributed by atoms with Crippen molar-refractivity contribution in [3.8, 4) is 0 Å². The van der Waals surface area contributed by atoms with Crippen LogP contribution in [0, 0.1) is 0 Å². The second-order valence-corrected chi connectivity index (χ2v) is 10.9. The van der Waals surface area contributed by atoms with Crippen molar-refractivity contribution in [2.24, 2.45) is 0 Å². The van der Waals surface area contributed by atoms with Crippen LogP contribution in [0.3, 0.4) is 0 Å². The summed E-state index contributed by atoms with van der Waals surface area (Å²) in [6.45, 7) is 5.79. The van der Waals surface area contributed by atoms with Gasteiger partial charge < -0.3 is 31.4 Å². The Hall–Kier alpha value is -0.130. The summed E-state index contributed by atoms with van der Waals surface area (Å²) >= 11 is 0. The van der Waals surface area contributed by atoms with Gasteiger partial charge in [-0.1, -0.05) is 142 Å². The molecule has 0 aliphatic carbocycles. The Balaban J connectivity index is 0. The second-order valence-electron chi connectivity index (χ2n) is 10.9. The molecule has 1 unspecified atom stereocenters. The Kier molecular flexibility index (Phi) is 32.8. The van der Waals surface area contributed by atoms with E-state index in [2.05, 4.69) is 6.92 Å². The van der Waals surface area contributed by atoms with Gasteiger partial charge in [-0.15, -0.1) is 0 Å². The lowest BCUT2D eigenvalue weighted by atomic mass is 10.0. The maximum absolute atomic E-state index is 11.9. The predicted octanol–water partition coefficient (Wildman–Crippen LogP) is 4.69. The van der Waals surface area contributed by atoms with Crippen LogP contribution < -0.4 is 21.9 Å². The van der Waals surface area contributed by atoms with Gasteiger partial charge in [-0.2, -0.15) is 0 Å². The van der Waals surface area contributed by atoms with Crippen molar-refractivity contribution >= 4 is 5.97 Å². The van der Waals surface area contributed by atoms with E-state index in [0.29, 0.717) is 13.2 Å². The number of carbonyl (C=O) groups is 1. The van der Waals surface area contributed by atoms with Gasteiger partial charge in [-0.3, -0.25) is 0 Å². The number of likely N-dealkylation sites (N-methyl/N-ethyl adjacent to an activating group) is 1. The standard InChI is InChI=1S/C31H63NO3.BrH/c1-5-7-8-9-10-11-12-13-14-15-16-17-18-19-20-21-22-23-24-25-26-27-28-34-29-30(32(3)4)31(33)35-6-2;/h30H,5-29H2,1-4H3;1H. The molecule has 0 heterocycles. The number of hydrogen-bond donors (Lipinski definition) is 1. The van der Waals surface area contributed by atoms with E-state index in [0.717, 1.165) is 17.9 Å². The second kappa shape index (κ2) is 31.1. The number of hydrogen-bond acceptors (Lipinski definition) is 3. The van der Waals surface area contributed by atoms with Gasteiger partial charge in [0.25, 0.3) is 0 Å². The molecule has 0 spiro atoms. The topological polar surface area (TPSA) is 40.0 Å². The zero-order chi connectivity index (χ0) is 25.8. The maximum atomic E-state index is 11.9. The molecule has 0 amide bonds. The third-order valence-corrected chi connectivity index (χ3v) is 7.19. The van der Waals surface area contributed by atoms with Gasteiger partial charge in [0, 0.05) is 6.61 Å². The minimum Gasteiger partial charge on any atom is -1.00 e. The Morgan fingerprint density at radius 3 is 1.22 bits per heavy atom. The fourth-order valence-corrected chi connectivity index (χ4v) is 4.73. The zero-order valence-electron chi connectivity index (χ0n) is 24.9. The number of rotatable bonds is 28. The molecular formula is C31H64BrNO3. The van der Waals surface area contributed by atoms with Crippen molar-refractivity contribution < 1.29 is 36.1 Å². The van der Waals surface area contributed by atoms with E-state index in [1.54, 1.807) is 0 Å². The van der Waals surface area contributed by atoms with E-state index in [1.165, 1.54) is 135 Å². The molecule has 0 aromatic rings. The summed E-state index contributed by atoms with van der Waals surface area (Å²) in [4.78, 5) is 13.0. The molecule has 0 aromatic carbocycles. The first-order valence-corrected chi connectivity index (χ1v) is 15.7. The van der Waals surface area contributed by atoms with Gasteiger partial charge in [0.1, 0.15) is 6.61 Å². The SMILES string of the molecule is CCCCCCCCCCCCCCCCCCCCCCCCOCC(C(=O)OCC)[NH+](C)C.[Br-]. The Labute approximate surface area is 236 Å². The van der Waals surface area contributed by atoms with E-state index in [4.69, 9.17) is 9.47 Å². The van der Waals surface area contributed by atoms with Crippen LogP contribution in [0.4, 0.5) is 0 Å². The molecule has 0 bridgehead atoms. The molecule has 0 aliphatic heterocycles. The molecular weight excluding hydrogens is 514 g/mol. The van der Waals surface area contributed by atoms with Crippen molar-refractivity contribution in [3.63, 3.8) is 0 Å². The minimum atomic E-state index is -0.213. The van der Waals surface area contributed by atoms with Crippen molar-refractivity contribution in [2.45, 2.75) is 161 Å². The first-order chi connectivity index (χ1) is 17.1. The Bertz CT molecular complexity index is 434. The van der Waals surface area contributed by atoms with E-state index in [1.807, 2.05) is 21.0 Å². The molecule has 0 aliphatic rings. The molecule has 1 N–H and O–H groups in total. The van der Waals surface area contributed by atoms with Crippen molar-refractivity contribution in [1.82, 2.24) is 0 Å². The van der Waals surface area contributed by atoms with Crippen molar-refractivity contribution in [1.29, 1.82) is 0 Å². The number of esters is 1. The summed E-state index contributed by atoms with van der Waals surface area (Å²) in [6, 6.07) is -0.213. The number of quaternary nitrogens is 1. The Morgan fingerprint density at radius 1 is 0.583 bits per heavy atom. The van der Waals surface area contributed by atoms with Gasteiger partial charge >= 0.3 is 5.97 Å². The molecule has 218 valence electrons. The van der Waals surface area contributed by atoms with Crippen LogP contribution in [-0.2, 0) is 14.3 Å². The van der Waals surface area contributed by atoms with E-state index in [-0.39, 0.29) is 29.0 Å². The van der Waals surface area contributed by atoms with Crippen LogP contribution in [-0.4, -0.2) is 45.9 Å². The zero-order valence-corrected chi connectivity index (χ0v) is 26.4. The molecule has 0 radical (unpaired) electrons. The lowest BCUT2D eigenvalue weighted by Crippen LogP contribution is -3.12. The lowest BCUT2D eigenvalue weighted by Gasteiger charge is -2.19. The summed E-state index contributed by atoms with van der Waals surface area (Å²) in [7, 11) is 3.95. The van der Waals surface area contributed by atoms with Crippen LogP contribution >= 0.6 is 0 Å². The molecule has 0 aromatic heterocycles. The molecule has 0 rings (SSSR count). The van der Waals surface area contributed by atoms with Gasteiger partial charge in [-0.05, 0) is 13.3 Å². The number of carbonyl (C=O) groups excluding carboxylic acids is 1. The highest BCUT2D eigenvalue weighted by atomic mass is 79.9. The molecule has 0 saturated heterocycles. The third-order valence-electron chi connectivity index (χ3n) is 7.19. The van der Waals surface area contributed by atoms with E-state index in [9.17, 15) is 4.79 Å². The van der Waals surface area contributed by atoms with Crippen LogP contribution in [0.2, 0.25) is 0 Å².